The molecule has 262 valence electrons. The number of carbonyl (C=O) groups is 1. The molecule has 0 saturated heterocycles. The maximum absolute atomic E-state index is 12.5. The van der Waals surface area contributed by atoms with Crippen LogP contribution < -0.4 is 25.8 Å². The summed E-state index contributed by atoms with van der Waals surface area (Å²) >= 11 is 0. The molecule has 0 aliphatic carbocycles. The molecule has 1 heterocycles. The molecule has 3 N–H and O–H groups in total. The molecule has 0 bridgehead atoms. The van der Waals surface area contributed by atoms with Crippen LogP contribution in [-0.2, 0) is 25.4 Å². The van der Waals surface area contributed by atoms with Crippen LogP contribution in [0.1, 0.15) is 31.9 Å². The molecular formula is C34H49N7O7. The van der Waals surface area contributed by atoms with Crippen molar-refractivity contribution < 1.29 is 28.5 Å². The number of urea groups is 1. The van der Waals surface area contributed by atoms with Gasteiger partial charge in [-0.15, -0.1) is 0 Å². The van der Waals surface area contributed by atoms with Crippen LogP contribution in [0.25, 0.3) is 0 Å². The van der Waals surface area contributed by atoms with E-state index in [-0.39, 0.29) is 11.5 Å². The fourth-order valence-electron chi connectivity index (χ4n) is 4.48. The highest BCUT2D eigenvalue weighted by Crippen LogP contribution is 2.23. The van der Waals surface area contributed by atoms with E-state index in [4.69, 9.17) is 23.7 Å². The van der Waals surface area contributed by atoms with Crippen molar-refractivity contribution in [1.29, 1.82) is 0 Å². The molecule has 1 aromatic heterocycles. The number of aromatic amines is 1. The molecule has 0 fully saturated rings. The Bertz CT molecular complexity index is 1400. The molecule has 0 unspecified atom stereocenters. The lowest BCUT2D eigenvalue weighted by molar-refractivity contribution is 0.00328. The second-order valence-corrected chi connectivity index (χ2v) is 10.6. The van der Waals surface area contributed by atoms with Gasteiger partial charge in [-0.3, -0.25) is 15.1 Å². The molecule has 0 atom stereocenters. The Morgan fingerprint density at radius 3 is 2.08 bits per heavy atom. The highest BCUT2D eigenvalue weighted by molar-refractivity contribution is 5.87. The molecule has 2 amide bonds. The van der Waals surface area contributed by atoms with E-state index < -0.39 is 6.03 Å². The van der Waals surface area contributed by atoms with Crippen LogP contribution >= 0.6 is 0 Å². The van der Waals surface area contributed by atoms with Gasteiger partial charge in [0.15, 0.2) is 0 Å². The van der Waals surface area contributed by atoms with E-state index in [1.165, 1.54) is 6.07 Å². The zero-order valence-electron chi connectivity index (χ0n) is 28.2. The molecule has 0 aliphatic heterocycles. The van der Waals surface area contributed by atoms with Crippen molar-refractivity contribution in [2.75, 3.05) is 90.3 Å². The number of aromatic nitrogens is 2. The molecule has 48 heavy (non-hydrogen) atoms. The molecule has 14 heteroatoms. The topological polar surface area (TPSA) is 161 Å². The zero-order valence-corrected chi connectivity index (χ0v) is 28.2. The van der Waals surface area contributed by atoms with Gasteiger partial charge in [-0.2, -0.15) is 10.2 Å². The van der Waals surface area contributed by atoms with Crippen LogP contribution in [0.4, 0.5) is 27.8 Å². The van der Waals surface area contributed by atoms with E-state index in [2.05, 4.69) is 42.7 Å². The molecule has 14 nitrogen and oxygen atoms in total. The maximum Gasteiger partial charge on any atom is 0.321 e. The number of anilines is 2. The number of H-pyrrole nitrogens is 1. The van der Waals surface area contributed by atoms with Crippen molar-refractivity contribution in [2.24, 2.45) is 10.2 Å². The Morgan fingerprint density at radius 1 is 0.833 bits per heavy atom. The smallest absolute Gasteiger partial charge is 0.321 e. The van der Waals surface area contributed by atoms with Gasteiger partial charge in [-0.05, 0) is 81.1 Å². The Morgan fingerprint density at radius 2 is 1.46 bits per heavy atom. The maximum atomic E-state index is 12.5. The zero-order chi connectivity index (χ0) is 34.2. The predicted octanol–water partition coefficient (Wildman–Crippen LogP) is 5.25. The lowest BCUT2D eigenvalue weighted by Gasteiger charge is -2.23. The van der Waals surface area contributed by atoms with Gasteiger partial charge in [0.2, 0.25) is 5.95 Å². The number of methoxy groups -OCH3 is 2. The second kappa shape index (κ2) is 23.0. The third kappa shape index (κ3) is 15.5. The summed E-state index contributed by atoms with van der Waals surface area (Å²) in [5.41, 5.74) is 2.84. The Kier molecular flexibility index (Phi) is 18.3. The third-order valence-electron chi connectivity index (χ3n) is 7.01. The van der Waals surface area contributed by atoms with Crippen molar-refractivity contribution in [1.82, 2.24) is 15.3 Å². The minimum atomic E-state index is -0.429. The molecule has 0 radical (unpaired) electrons. The average Bonchev–Trinajstić information content (AvgIpc) is 3.09. The van der Waals surface area contributed by atoms with Gasteiger partial charge >= 0.3 is 6.03 Å². The van der Waals surface area contributed by atoms with Gasteiger partial charge in [0.05, 0.1) is 58.1 Å². The number of rotatable bonds is 24. The van der Waals surface area contributed by atoms with Crippen LogP contribution in [0, 0.1) is 0 Å². The lowest BCUT2D eigenvalue weighted by atomic mass is 10.2. The van der Waals surface area contributed by atoms with Crippen LogP contribution in [0.3, 0.4) is 0 Å². The summed E-state index contributed by atoms with van der Waals surface area (Å²) in [5.74, 6) is 0.890. The number of aryl methyl sites for hydroxylation is 1. The van der Waals surface area contributed by atoms with Crippen molar-refractivity contribution in [3.8, 4) is 5.75 Å². The lowest BCUT2D eigenvalue weighted by Crippen LogP contribution is -2.33. The quantitative estimate of drug-likeness (QED) is 0.0856. The van der Waals surface area contributed by atoms with Gasteiger partial charge in [0.1, 0.15) is 5.75 Å². The van der Waals surface area contributed by atoms with Gasteiger partial charge in [0.25, 0.3) is 5.56 Å². The van der Waals surface area contributed by atoms with E-state index in [0.717, 1.165) is 55.2 Å². The minimum absolute atomic E-state index is 0.119. The van der Waals surface area contributed by atoms with Gasteiger partial charge in [-0.25, -0.2) is 9.78 Å². The first-order chi connectivity index (χ1) is 23.5. The number of nitrogens with zero attached hydrogens (tertiary/aromatic N) is 4. The van der Waals surface area contributed by atoms with E-state index in [0.29, 0.717) is 64.9 Å². The highest BCUT2D eigenvalue weighted by atomic mass is 16.6. The van der Waals surface area contributed by atoms with E-state index >= 15 is 0 Å². The molecule has 0 saturated carbocycles. The summed E-state index contributed by atoms with van der Waals surface area (Å²) in [7, 11) is 3.26. The molecule has 0 aliphatic rings. The first kappa shape index (κ1) is 38.1. The summed E-state index contributed by atoms with van der Waals surface area (Å²) < 4.78 is 26.4. The summed E-state index contributed by atoms with van der Waals surface area (Å²) in [6, 6.07) is 16.3. The Labute approximate surface area is 282 Å². The van der Waals surface area contributed by atoms with Crippen LogP contribution in [0.5, 0.6) is 5.75 Å². The predicted molar refractivity (Wildman–Crippen MR) is 185 cm³/mol. The number of benzene rings is 2. The number of ether oxygens (including phenoxy) is 5. The number of unbranched alkanes of at least 4 members (excludes halogenated alkanes) is 1. The number of nitrogens with one attached hydrogen (secondary N) is 3. The van der Waals surface area contributed by atoms with Gasteiger partial charge < -0.3 is 33.9 Å². The van der Waals surface area contributed by atoms with Crippen molar-refractivity contribution in [3.63, 3.8) is 0 Å². The summed E-state index contributed by atoms with van der Waals surface area (Å²) in [6.45, 7) is 7.87. The van der Waals surface area contributed by atoms with Crippen molar-refractivity contribution >= 4 is 29.0 Å². The van der Waals surface area contributed by atoms with Crippen LogP contribution in [-0.4, -0.2) is 96.1 Å². The summed E-state index contributed by atoms with van der Waals surface area (Å²) in [4.78, 5) is 33.8. The number of azo groups is 1. The fourth-order valence-corrected chi connectivity index (χ4v) is 4.48. The fraction of sp³-hybridized carbons (Fsp3) is 0.500. The summed E-state index contributed by atoms with van der Waals surface area (Å²) in [5, 5.41) is 14.1. The molecule has 3 aromatic rings. The largest absolute Gasteiger partial charge is 0.497 e. The number of carbonyl (C=O) groups excluding carboxylic acids is 1. The normalized spacial score (nSPS) is 11.1. The Balaban J connectivity index is 1.30. The van der Waals surface area contributed by atoms with Crippen molar-refractivity contribution in [2.45, 2.75) is 32.6 Å². The Hall–Kier alpha value is -4.37. The second-order valence-electron chi connectivity index (χ2n) is 10.6. The number of hydrogen-bond donors (Lipinski definition) is 3. The van der Waals surface area contributed by atoms with Crippen molar-refractivity contribution in [3.05, 3.63) is 70.6 Å². The van der Waals surface area contributed by atoms with Crippen LogP contribution in [0.15, 0.2) is 69.6 Å². The van der Waals surface area contributed by atoms with E-state index in [1.54, 1.807) is 14.2 Å². The van der Waals surface area contributed by atoms with Gasteiger partial charge in [0, 0.05) is 50.8 Å². The van der Waals surface area contributed by atoms with E-state index in [1.807, 2.05) is 48.5 Å². The SMILES string of the molecule is CCN(CCCNC(=O)Nc1nc(CCCCOCCOCCOCCOC)cc(=O)[nH]1)c1ccc(N=Nc2ccc(OC)cc2)cc1. The minimum Gasteiger partial charge on any atom is -0.497 e. The standard InChI is InChI=1S/C34H49N7O7/c1-4-41(30-13-9-27(10-14-30)39-40-28-11-15-31(45-3)16-12-28)18-7-17-35-34(43)38-33-36-29(26-32(42)37-33)8-5-6-19-46-22-23-48-25-24-47-21-20-44-2/h9-16,26H,4-8,17-25H2,1-3H3,(H3,35,36,37,38,42,43). The average molecular weight is 668 g/mol. The molecule has 3 rings (SSSR count). The van der Waals surface area contributed by atoms with Crippen LogP contribution in [0.2, 0.25) is 0 Å². The van der Waals surface area contributed by atoms with Gasteiger partial charge in [-0.1, -0.05) is 0 Å². The molecule has 2 aromatic carbocycles. The monoisotopic (exact) mass is 667 g/mol. The summed E-state index contributed by atoms with van der Waals surface area (Å²) in [6.07, 6.45) is 2.92. The third-order valence-corrected chi connectivity index (χ3v) is 7.01. The first-order valence-electron chi connectivity index (χ1n) is 16.3. The van der Waals surface area contributed by atoms with E-state index in [9.17, 15) is 9.59 Å². The molecule has 0 spiro atoms. The first-order valence-corrected chi connectivity index (χ1v) is 16.3. The number of hydrogen-bond acceptors (Lipinski definition) is 11. The number of amides is 2. The highest BCUT2D eigenvalue weighted by Gasteiger charge is 2.08. The molecular weight excluding hydrogens is 618 g/mol.